The summed E-state index contributed by atoms with van der Waals surface area (Å²) in [6, 6.07) is 14.7. The minimum absolute atomic E-state index is 0.617. The van der Waals surface area contributed by atoms with Crippen LogP contribution < -0.4 is 14.4 Å². The van der Waals surface area contributed by atoms with Gasteiger partial charge in [-0.05, 0) is 30.2 Å². The van der Waals surface area contributed by atoms with Gasteiger partial charge < -0.3 is 18.9 Å². The van der Waals surface area contributed by atoms with Crippen LogP contribution in [0.2, 0.25) is 0 Å². The summed E-state index contributed by atoms with van der Waals surface area (Å²) in [6.07, 6.45) is 8.82. The summed E-state index contributed by atoms with van der Waals surface area (Å²) in [7, 11) is 0. The van der Waals surface area contributed by atoms with Crippen molar-refractivity contribution in [2.45, 2.75) is 13.0 Å². The number of hydrogen-bond donors (Lipinski definition) is 0. The molecule has 2 aromatic carbocycles. The minimum Gasteiger partial charge on any atom is -0.486 e. The van der Waals surface area contributed by atoms with Crippen molar-refractivity contribution in [2.75, 3.05) is 50.8 Å². The molecule has 0 spiro atoms. The molecule has 1 aromatic heterocycles. The number of fused-ring (bicyclic) bond motifs is 2. The van der Waals surface area contributed by atoms with E-state index in [1.165, 1.54) is 16.5 Å². The molecule has 1 saturated heterocycles. The van der Waals surface area contributed by atoms with Gasteiger partial charge in [0.25, 0.3) is 0 Å². The van der Waals surface area contributed by atoms with E-state index in [1.807, 2.05) is 6.07 Å². The molecule has 0 atom stereocenters. The Kier molecular flexibility index (Phi) is 5.25. The Morgan fingerprint density at radius 2 is 1.77 bits per heavy atom. The highest BCUT2D eigenvalue weighted by Gasteiger charge is 2.23. The van der Waals surface area contributed by atoms with Crippen molar-refractivity contribution in [1.82, 2.24) is 9.47 Å². The third-order valence-electron chi connectivity index (χ3n) is 6.09. The van der Waals surface area contributed by atoms with Gasteiger partial charge >= 0.3 is 0 Å². The largest absolute Gasteiger partial charge is 0.486 e. The van der Waals surface area contributed by atoms with Crippen LogP contribution in [0.5, 0.6) is 11.5 Å². The highest BCUT2D eigenvalue weighted by atomic mass is 16.6. The molecule has 0 radical (unpaired) electrons. The van der Waals surface area contributed by atoms with Crippen molar-refractivity contribution < 1.29 is 9.47 Å². The number of hydrogen-bond acceptors (Lipinski definition) is 4. The van der Waals surface area contributed by atoms with Crippen molar-refractivity contribution in [3.63, 3.8) is 0 Å². The average Bonchev–Trinajstić information content (AvgIpc) is 3.16. The number of para-hydroxylation sites is 2. The number of nitrogens with zero attached hydrogens (tertiary/aromatic N) is 3. The molecular weight excluding hydrogens is 374 g/mol. The monoisotopic (exact) mass is 401 g/mol. The third kappa shape index (κ3) is 3.59. The molecule has 0 saturated carbocycles. The Hall–Kier alpha value is -3.10. The first kappa shape index (κ1) is 18.9. The molecule has 5 rings (SSSR count). The maximum Gasteiger partial charge on any atom is 0.184 e. The average molecular weight is 402 g/mol. The maximum atomic E-state index is 5.91. The van der Waals surface area contributed by atoms with Gasteiger partial charge in [0, 0.05) is 49.8 Å². The molecule has 30 heavy (non-hydrogen) atoms. The Morgan fingerprint density at radius 1 is 0.933 bits per heavy atom. The molecule has 154 valence electrons. The summed E-state index contributed by atoms with van der Waals surface area (Å²) in [4.78, 5) is 4.97. The van der Waals surface area contributed by atoms with Crippen LogP contribution in [-0.2, 0) is 13.0 Å². The van der Waals surface area contributed by atoms with E-state index >= 15 is 0 Å². The zero-order chi connectivity index (χ0) is 20.3. The van der Waals surface area contributed by atoms with Gasteiger partial charge in [0.05, 0.1) is 12.2 Å². The number of terminal acetylenes is 1. The number of ether oxygens (including phenoxy) is 2. The van der Waals surface area contributed by atoms with E-state index in [0.717, 1.165) is 56.3 Å². The van der Waals surface area contributed by atoms with E-state index in [1.54, 1.807) is 0 Å². The summed E-state index contributed by atoms with van der Waals surface area (Å²) in [5.41, 5.74) is 3.77. The van der Waals surface area contributed by atoms with Crippen molar-refractivity contribution in [2.24, 2.45) is 0 Å². The molecule has 5 nitrogen and oxygen atoms in total. The minimum atomic E-state index is 0.617. The quantitative estimate of drug-likeness (QED) is 0.613. The molecule has 1 fully saturated rings. The second-order valence-corrected chi connectivity index (χ2v) is 7.88. The first-order valence-electron chi connectivity index (χ1n) is 10.7. The Morgan fingerprint density at radius 3 is 2.63 bits per heavy atom. The molecule has 2 aliphatic heterocycles. The maximum absolute atomic E-state index is 5.91. The smallest absolute Gasteiger partial charge is 0.184 e. The zero-order valence-electron chi connectivity index (χ0n) is 17.2. The van der Waals surface area contributed by atoms with Crippen LogP contribution in [0.4, 0.5) is 5.69 Å². The predicted molar refractivity (Wildman–Crippen MR) is 121 cm³/mol. The summed E-state index contributed by atoms with van der Waals surface area (Å²) in [5, 5.41) is 1.32. The highest BCUT2D eigenvalue weighted by Crippen LogP contribution is 2.39. The lowest BCUT2D eigenvalue weighted by atomic mass is 10.1. The van der Waals surface area contributed by atoms with Gasteiger partial charge in [-0.1, -0.05) is 30.2 Å². The van der Waals surface area contributed by atoms with Crippen LogP contribution >= 0.6 is 0 Å². The van der Waals surface area contributed by atoms with Crippen LogP contribution in [0.1, 0.15) is 5.56 Å². The lowest BCUT2D eigenvalue weighted by Gasteiger charge is -2.37. The first-order valence-corrected chi connectivity index (χ1v) is 10.7. The van der Waals surface area contributed by atoms with E-state index in [9.17, 15) is 0 Å². The highest BCUT2D eigenvalue weighted by molar-refractivity contribution is 5.84. The molecule has 0 bridgehead atoms. The SMILES string of the molecule is C#CCn1cc(CCN2CCN(c3cccc4c3OCCO4)CC2)c2ccccc21. The second-order valence-electron chi connectivity index (χ2n) is 7.88. The van der Waals surface area contributed by atoms with Crippen molar-refractivity contribution in [3.05, 3.63) is 54.2 Å². The van der Waals surface area contributed by atoms with E-state index in [-0.39, 0.29) is 0 Å². The van der Waals surface area contributed by atoms with Gasteiger partial charge in [-0.25, -0.2) is 0 Å². The Bertz CT molecular complexity index is 1070. The number of aromatic nitrogens is 1. The van der Waals surface area contributed by atoms with E-state index in [4.69, 9.17) is 15.9 Å². The number of benzene rings is 2. The molecule has 0 aliphatic carbocycles. The van der Waals surface area contributed by atoms with Crippen molar-refractivity contribution in [3.8, 4) is 23.8 Å². The predicted octanol–water partition coefficient (Wildman–Crippen LogP) is 3.41. The van der Waals surface area contributed by atoms with Gasteiger partial charge in [0.15, 0.2) is 11.5 Å². The summed E-state index contributed by atoms with van der Waals surface area (Å²) >= 11 is 0. The molecule has 2 aliphatic rings. The fourth-order valence-corrected chi connectivity index (χ4v) is 4.55. The van der Waals surface area contributed by atoms with Gasteiger partial charge in [0.2, 0.25) is 0 Å². The fourth-order valence-electron chi connectivity index (χ4n) is 4.55. The topological polar surface area (TPSA) is 29.9 Å². The lowest BCUT2D eigenvalue weighted by Crippen LogP contribution is -2.47. The van der Waals surface area contributed by atoms with Gasteiger partial charge in [-0.3, -0.25) is 4.90 Å². The third-order valence-corrected chi connectivity index (χ3v) is 6.09. The van der Waals surface area contributed by atoms with Gasteiger partial charge in [-0.2, -0.15) is 0 Å². The lowest BCUT2D eigenvalue weighted by molar-refractivity contribution is 0.171. The zero-order valence-corrected chi connectivity index (χ0v) is 17.2. The Labute approximate surface area is 177 Å². The van der Waals surface area contributed by atoms with Crippen LogP contribution in [0.3, 0.4) is 0 Å². The first-order chi connectivity index (χ1) is 14.8. The molecular formula is C25H27N3O2. The van der Waals surface area contributed by atoms with Crippen LogP contribution in [0, 0.1) is 12.3 Å². The fraction of sp³-hybridized carbons (Fsp3) is 0.360. The van der Waals surface area contributed by atoms with Gasteiger partial charge in [0.1, 0.15) is 13.2 Å². The molecule has 3 aromatic rings. The van der Waals surface area contributed by atoms with Crippen molar-refractivity contribution in [1.29, 1.82) is 0 Å². The normalized spacial score (nSPS) is 16.6. The van der Waals surface area contributed by atoms with Gasteiger partial charge in [-0.15, -0.1) is 6.42 Å². The summed E-state index contributed by atoms with van der Waals surface area (Å²) < 4.78 is 13.8. The molecule has 0 N–H and O–H groups in total. The van der Waals surface area contributed by atoms with Crippen LogP contribution in [-0.4, -0.2) is 55.4 Å². The molecule has 5 heteroatoms. The second kappa shape index (κ2) is 8.33. The Balaban J connectivity index is 1.23. The van der Waals surface area contributed by atoms with E-state index in [0.29, 0.717) is 19.8 Å². The molecule has 0 amide bonds. The van der Waals surface area contributed by atoms with E-state index < -0.39 is 0 Å². The number of anilines is 1. The summed E-state index contributed by atoms with van der Waals surface area (Å²) in [6.45, 7) is 7.02. The van der Waals surface area contributed by atoms with Crippen molar-refractivity contribution >= 4 is 16.6 Å². The molecule has 3 heterocycles. The van der Waals surface area contributed by atoms with Crippen LogP contribution in [0.25, 0.3) is 10.9 Å². The van der Waals surface area contributed by atoms with E-state index in [2.05, 4.69) is 62.9 Å². The number of rotatable bonds is 5. The molecule has 0 unspecified atom stereocenters. The summed E-state index contributed by atoms with van der Waals surface area (Å²) in [5.74, 6) is 4.53. The standard InChI is InChI=1S/C25H27N3O2/c1-2-11-28-19-20(21-6-3-4-7-22(21)28)10-12-26-13-15-27(16-14-26)23-8-5-9-24-25(23)30-18-17-29-24/h1,3-9,19H,10-18H2. The number of piperazine rings is 1. The van der Waals surface area contributed by atoms with Crippen LogP contribution in [0.15, 0.2) is 48.7 Å².